The summed E-state index contributed by atoms with van der Waals surface area (Å²) in [4.78, 5) is 23.5. The molecule has 7 heteroatoms. The van der Waals surface area contributed by atoms with Gasteiger partial charge in [0.05, 0.1) is 18.0 Å². The van der Waals surface area contributed by atoms with Crippen molar-refractivity contribution < 1.29 is 9.53 Å². The van der Waals surface area contributed by atoms with Crippen molar-refractivity contribution in [3.63, 3.8) is 0 Å². The van der Waals surface area contributed by atoms with Gasteiger partial charge in [0, 0.05) is 19.2 Å². The summed E-state index contributed by atoms with van der Waals surface area (Å²) in [6.07, 6.45) is 2.84. The molecule has 1 N–H and O–H groups in total. The van der Waals surface area contributed by atoms with Crippen LogP contribution in [0.5, 0.6) is 5.75 Å². The Hall–Kier alpha value is -2.28. The summed E-state index contributed by atoms with van der Waals surface area (Å²) in [5.74, 6) is 3.14. The summed E-state index contributed by atoms with van der Waals surface area (Å²) in [7, 11) is 0. The maximum absolute atomic E-state index is 12.4. The summed E-state index contributed by atoms with van der Waals surface area (Å²) in [5, 5.41) is 3.73. The van der Waals surface area contributed by atoms with E-state index < -0.39 is 0 Å². The highest BCUT2D eigenvalue weighted by atomic mass is 32.2. The van der Waals surface area contributed by atoms with Gasteiger partial charge >= 0.3 is 0 Å². The van der Waals surface area contributed by atoms with Crippen molar-refractivity contribution >= 4 is 29.2 Å². The zero-order chi connectivity index (χ0) is 19.9. The van der Waals surface area contributed by atoms with Gasteiger partial charge in [0.15, 0.2) is 0 Å². The largest absolute Gasteiger partial charge is 0.492 e. The van der Waals surface area contributed by atoms with Crippen molar-refractivity contribution in [2.45, 2.75) is 32.2 Å². The highest BCUT2D eigenvalue weighted by Crippen LogP contribution is 2.27. The first-order valence-corrected chi connectivity index (χ1v) is 10.7. The fourth-order valence-corrected chi connectivity index (χ4v) is 4.27. The molecule has 0 aliphatic carbocycles. The summed E-state index contributed by atoms with van der Waals surface area (Å²) >= 11 is 1.42. The van der Waals surface area contributed by atoms with Gasteiger partial charge in [-0.25, -0.2) is 9.97 Å². The number of nitrogens with zero attached hydrogens (tertiary/aromatic N) is 3. The first-order chi connectivity index (χ1) is 13.5. The van der Waals surface area contributed by atoms with Crippen LogP contribution < -0.4 is 15.0 Å². The lowest BCUT2D eigenvalue weighted by Gasteiger charge is -2.35. The third-order valence-electron chi connectivity index (χ3n) is 4.63. The number of para-hydroxylation sites is 2. The van der Waals surface area contributed by atoms with E-state index in [9.17, 15) is 4.79 Å². The summed E-state index contributed by atoms with van der Waals surface area (Å²) in [6.45, 7) is 9.07. The van der Waals surface area contributed by atoms with Crippen LogP contribution in [-0.2, 0) is 4.79 Å². The molecule has 0 bridgehead atoms. The average molecular weight is 401 g/mol. The maximum atomic E-state index is 12.4. The third-order valence-corrected chi connectivity index (χ3v) is 5.56. The van der Waals surface area contributed by atoms with Crippen molar-refractivity contribution in [3.05, 3.63) is 36.7 Å². The lowest BCUT2D eigenvalue weighted by molar-refractivity contribution is -0.113. The fraction of sp³-hybridized carbons (Fsp3) is 0.476. The smallest absolute Gasteiger partial charge is 0.234 e. The first-order valence-electron chi connectivity index (χ1n) is 9.76. The molecule has 2 atom stereocenters. The molecule has 150 valence electrons. The molecule has 28 heavy (non-hydrogen) atoms. The standard InChI is InChI=1S/C21H28N4O2S/c1-4-27-18-8-6-5-7-17(18)24-20(26)13-28-21-10-19(22-14-23-21)25-11-15(2)9-16(3)12-25/h5-8,10,14-16H,4,9,11-13H2,1-3H3,(H,24,26)/t15-,16-/m1/s1. The molecule has 0 radical (unpaired) electrons. The number of aromatic nitrogens is 2. The monoisotopic (exact) mass is 400 g/mol. The van der Waals surface area contributed by atoms with Gasteiger partial charge in [-0.15, -0.1) is 0 Å². The lowest BCUT2D eigenvalue weighted by Crippen LogP contribution is -2.39. The number of anilines is 2. The number of amides is 1. The first kappa shape index (κ1) is 20.5. The summed E-state index contributed by atoms with van der Waals surface area (Å²) in [5.41, 5.74) is 0.689. The number of ether oxygens (including phenoxy) is 1. The van der Waals surface area contributed by atoms with Crippen LogP contribution in [0.1, 0.15) is 27.2 Å². The maximum Gasteiger partial charge on any atom is 0.234 e. The van der Waals surface area contributed by atoms with E-state index in [0.717, 1.165) is 23.9 Å². The molecule has 2 aromatic rings. The second-order valence-electron chi connectivity index (χ2n) is 7.33. The number of piperidine rings is 1. The van der Waals surface area contributed by atoms with Crippen LogP contribution in [0.4, 0.5) is 11.5 Å². The topological polar surface area (TPSA) is 67.3 Å². The predicted molar refractivity (Wildman–Crippen MR) is 114 cm³/mol. The van der Waals surface area contributed by atoms with Crippen LogP contribution in [0.25, 0.3) is 0 Å². The molecule has 0 saturated carbocycles. The minimum atomic E-state index is -0.0856. The van der Waals surface area contributed by atoms with Crippen molar-refractivity contribution in [2.75, 3.05) is 35.7 Å². The predicted octanol–water partition coefficient (Wildman–Crippen LogP) is 4.09. The molecule has 1 amide bonds. The molecule has 1 saturated heterocycles. The van der Waals surface area contributed by atoms with Crippen molar-refractivity contribution in [3.8, 4) is 5.75 Å². The normalized spacial score (nSPS) is 19.3. The molecule has 1 aromatic heterocycles. The van der Waals surface area contributed by atoms with Crippen LogP contribution >= 0.6 is 11.8 Å². The average Bonchev–Trinajstić information content (AvgIpc) is 2.68. The minimum absolute atomic E-state index is 0.0856. The zero-order valence-electron chi connectivity index (χ0n) is 16.7. The molecule has 1 aromatic carbocycles. The number of carbonyl (C=O) groups excluding carboxylic acids is 1. The highest BCUT2D eigenvalue weighted by molar-refractivity contribution is 7.99. The van der Waals surface area contributed by atoms with Gasteiger partial charge in [0.1, 0.15) is 22.9 Å². The van der Waals surface area contributed by atoms with Gasteiger partial charge in [-0.1, -0.05) is 37.7 Å². The molecule has 1 fully saturated rings. The Kier molecular flexibility index (Phi) is 7.14. The number of carbonyl (C=O) groups is 1. The van der Waals surface area contributed by atoms with Gasteiger partial charge in [-0.2, -0.15) is 0 Å². The quantitative estimate of drug-likeness (QED) is 0.558. The Morgan fingerprint density at radius 1 is 1.25 bits per heavy atom. The zero-order valence-corrected chi connectivity index (χ0v) is 17.5. The minimum Gasteiger partial charge on any atom is -0.492 e. The number of nitrogens with one attached hydrogen (secondary N) is 1. The summed E-state index contributed by atoms with van der Waals surface area (Å²) in [6, 6.07) is 9.44. The van der Waals surface area contributed by atoms with Crippen LogP contribution in [0.2, 0.25) is 0 Å². The summed E-state index contributed by atoms with van der Waals surface area (Å²) < 4.78 is 5.55. The second kappa shape index (κ2) is 9.78. The highest BCUT2D eigenvalue weighted by Gasteiger charge is 2.23. The number of hydrogen-bond acceptors (Lipinski definition) is 6. The Morgan fingerprint density at radius 3 is 2.75 bits per heavy atom. The number of benzene rings is 1. The van der Waals surface area contributed by atoms with Crippen LogP contribution in [0, 0.1) is 11.8 Å². The van der Waals surface area contributed by atoms with Crippen LogP contribution in [0.3, 0.4) is 0 Å². The van der Waals surface area contributed by atoms with Crippen LogP contribution in [-0.4, -0.2) is 41.3 Å². The van der Waals surface area contributed by atoms with Gasteiger partial charge in [0.25, 0.3) is 0 Å². The van der Waals surface area contributed by atoms with Crippen LogP contribution in [0.15, 0.2) is 41.7 Å². The molecular weight excluding hydrogens is 372 g/mol. The van der Waals surface area contributed by atoms with E-state index in [1.165, 1.54) is 18.2 Å². The van der Waals surface area contributed by atoms with Gasteiger partial charge in [-0.05, 0) is 37.3 Å². The molecule has 1 aliphatic rings. The Labute approximate surface area is 171 Å². The molecule has 3 rings (SSSR count). The number of rotatable bonds is 7. The molecule has 6 nitrogen and oxygen atoms in total. The fourth-order valence-electron chi connectivity index (χ4n) is 3.61. The second-order valence-corrected chi connectivity index (χ2v) is 8.33. The van der Waals surface area contributed by atoms with E-state index in [-0.39, 0.29) is 11.7 Å². The van der Waals surface area contributed by atoms with Gasteiger partial charge in [-0.3, -0.25) is 4.79 Å². The van der Waals surface area contributed by atoms with E-state index in [1.54, 1.807) is 6.33 Å². The van der Waals surface area contributed by atoms with E-state index in [2.05, 4.69) is 34.0 Å². The lowest BCUT2D eigenvalue weighted by atomic mass is 9.92. The van der Waals surface area contributed by atoms with Gasteiger partial charge < -0.3 is 15.0 Å². The van der Waals surface area contributed by atoms with Crippen molar-refractivity contribution in [1.29, 1.82) is 0 Å². The number of hydrogen-bond donors (Lipinski definition) is 1. The molecule has 1 aliphatic heterocycles. The Morgan fingerprint density at radius 2 is 2.00 bits per heavy atom. The van der Waals surface area contributed by atoms with Gasteiger partial charge in [0.2, 0.25) is 5.91 Å². The third kappa shape index (κ3) is 5.61. The Bertz CT molecular complexity index is 791. The van der Waals surface area contributed by atoms with E-state index in [1.807, 2.05) is 37.3 Å². The molecule has 0 spiro atoms. The molecular formula is C21H28N4O2S. The van der Waals surface area contributed by atoms with Crippen molar-refractivity contribution in [1.82, 2.24) is 9.97 Å². The number of thioether (sulfide) groups is 1. The van der Waals surface area contributed by atoms with E-state index >= 15 is 0 Å². The Balaban J connectivity index is 1.58. The molecule has 2 heterocycles. The molecule has 0 unspecified atom stereocenters. The SMILES string of the molecule is CCOc1ccccc1NC(=O)CSc1cc(N2C[C@H](C)C[C@@H](C)C2)ncn1. The van der Waals surface area contributed by atoms with E-state index in [4.69, 9.17) is 4.74 Å². The van der Waals surface area contributed by atoms with E-state index in [0.29, 0.717) is 29.9 Å². The van der Waals surface area contributed by atoms with Crippen molar-refractivity contribution in [2.24, 2.45) is 11.8 Å².